The number of nitrogens with one attached hydrogen (secondary N) is 1. The van der Waals surface area contributed by atoms with Gasteiger partial charge in [0.05, 0.1) is 4.47 Å². The molecule has 1 aromatic carbocycles. The number of carbonyl (C=O) groups is 1. The quantitative estimate of drug-likeness (QED) is 0.450. The maximum atomic E-state index is 12.5. The number of nitrogen functional groups attached to an aromatic ring is 1. The van der Waals surface area contributed by atoms with E-state index in [4.69, 9.17) is 10.2 Å². The smallest absolute Gasteiger partial charge is 0.251 e. The first kappa shape index (κ1) is 17.7. The van der Waals surface area contributed by atoms with E-state index in [1.54, 1.807) is 24.5 Å². The molecule has 0 unspecified atom stereocenters. The molecule has 1 amide bonds. The van der Waals surface area contributed by atoms with E-state index in [-0.39, 0.29) is 5.91 Å². The largest absolute Gasteiger partial charge is 0.460 e. The molecule has 4 rings (SSSR count). The van der Waals surface area contributed by atoms with Crippen LogP contribution in [-0.4, -0.2) is 20.5 Å². The van der Waals surface area contributed by atoms with Crippen LogP contribution in [0.4, 0.5) is 5.82 Å². The number of amides is 1. The van der Waals surface area contributed by atoms with Crippen molar-refractivity contribution in [2.24, 2.45) is 0 Å². The van der Waals surface area contributed by atoms with Gasteiger partial charge in [0.1, 0.15) is 12.1 Å². The van der Waals surface area contributed by atoms with Crippen molar-refractivity contribution in [2.75, 3.05) is 5.73 Å². The fourth-order valence-electron chi connectivity index (χ4n) is 2.59. The molecule has 0 radical (unpaired) electrons. The Morgan fingerprint density at radius 2 is 2.04 bits per heavy atom. The molecular weight excluding hydrogens is 478 g/mol. The molecule has 0 saturated heterocycles. The summed E-state index contributed by atoms with van der Waals surface area (Å²) in [6.45, 7) is 0.393. The second-order valence-electron chi connectivity index (χ2n) is 5.78. The molecule has 0 atom stereocenters. The minimum atomic E-state index is -0.245. The van der Waals surface area contributed by atoms with Crippen molar-refractivity contribution in [3.05, 3.63) is 68.8 Å². The highest BCUT2D eigenvalue weighted by molar-refractivity contribution is 9.10. The van der Waals surface area contributed by atoms with Gasteiger partial charge in [0.15, 0.2) is 11.4 Å². The fourth-order valence-corrected chi connectivity index (χ4v) is 3.32. The Morgan fingerprint density at radius 1 is 1.22 bits per heavy atom. The second kappa shape index (κ2) is 7.16. The summed E-state index contributed by atoms with van der Waals surface area (Å²) in [5.41, 5.74) is 7.91. The van der Waals surface area contributed by atoms with Gasteiger partial charge >= 0.3 is 0 Å². The van der Waals surface area contributed by atoms with E-state index in [1.807, 2.05) is 24.3 Å². The number of hydrogen-bond acceptors (Lipinski definition) is 5. The highest BCUT2D eigenvalue weighted by atomic mass is 79.9. The molecular formula is C18H13Br2N5O2. The van der Waals surface area contributed by atoms with Gasteiger partial charge < -0.3 is 15.5 Å². The number of hydrogen-bond donors (Lipinski definition) is 2. The summed E-state index contributed by atoms with van der Waals surface area (Å²) in [5.74, 6) is 0.955. The molecule has 0 saturated carbocycles. The Labute approximate surface area is 170 Å². The summed E-state index contributed by atoms with van der Waals surface area (Å²) in [5, 5.41) is 7.21. The normalized spacial score (nSPS) is 11.0. The Morgan fingerprint density at radius 3 is 2.78 bits per heavy atom. The zero-order valence-electron chi connectivity index (χ0n) is 13.8. The van der Waals surface area contributed by atoms with Crippen molar-refractivity contribution in [3.8, 4) is 11.6 Å². The molecule has 136 valence electrons. The maximum absolute atomic E-state index is 12.5. The van der Waals surface area contributed by atoms with Crippen LogP contribution in [-0.2, 0) is 6.54 Å². The molecule has 27 heavy (non-hydrogen) atoms. The van der Waals surface area contributed by atoms with E-state index < -0.39 is 0 Å². The van der Waals surface area contributed by atoms with Gasteiger partial charge in [0, 0.05) is 22.6 Å². The van der Waals surface area contributed by atoms with Crippen LogP contribution in [0.5, 0.6) is 0 Å². The van der Waals surface area contributed by atoms with E-state index >= 15 is 0 Å². The van der Waals surface area contributed by atoms with Crippen LogP contribution in [0, 0.1) is 0 Å². The minimum Gasteiger partial charge on any atom is -0.460 e. The number of halogens is 2. The molecule has 7 nitrogen and oxygen atoms in total. The summed E-state index contributed by atoms with van der Waals surface area (Å²) >= 11 is 6.79. The number of pyridine rings is 1. The van der Waals surface area contributed by atoms with Crippen LogP contribution in [0.25, 0.3) is 17.2 Å². The number of nitrogens with two attached hydrogens (primary N) is 1. The van der Waals surface area contributed by atoms with E-state index in [9.17, 15) is 4.79 Å². The molecule has 0 spiro atoms. The van der Waals surface area contributed by atoms with Gasteiger partial charge in [-0.1, -0.05) is 34.1 Å². The molecule has 0 aliphatic carbocycles. The van der Waals surface area contributed by atoms with Crippen LogP contribution in [0.15, 0.2) is 62.1 Å². The number of benzene rings is 1. The van der Waals surface area contributed by atoms with Gasteiger partial charge in [-0.2, -0.15) is 4.52 Å². The van der Waals surface area contributed by atoms with Crippen molar-refractivity contribution in [1.82, 2.24) is 19.9 Å². The first-order chi connectivity index (χ1) is 13.0. The summed E-state index contributed by atoms with van der Waals surface area (Å²) in [6, 6.07) is 12.7. The van der Waals surface area contributed by atoms with Crippen LogP contribution in [0.2, 0.25) is 0 Å². The zero-order valence-corrected chi connectivity index (χ0v) is 17.0. The Balaban J connectivity index is 1.60. The molecule has 0 aliphatic heterocycles. The van der Waals surface area contributed by atoms with Crippen LogP contribution < -0.4 is 11.1 Å². The number of rotatable bonds is 4. The number of carbonyl (C=O) groups excluding carboxylic acids is 1. The third-order valence-corrected chi connectivity index (χ3v) is 5.10. The molecule has 3 heterocycles. The van der Waals surface area contributed by atoms with Gasteiger partial charge in [-0.25, -0.2) is 4.98 Å². The van der Waals surface area contributed by atoms with E-state index in [2.05, 4.69) is 47.3 Å². The maximum Gasteiger partial charge on any atom is 0.251 e. The van der Waals surface area contributed by atoms with Crippen molar-refractivity contribution < 1.29 is 9.21 Å². The lowest BCUT2D eigenvalue weighted by molar-refractivity contribution is 0.0951. The van der Waals surface area contributed by atoms with Gasteiger partial charge in [-0.3, -0.25) is 4.79 Å². The van der Waals surface area contributed by atoms with Crippen LogP contribution >= 0.6 is 31.9 Å². The number of anilines is 1. The summed E-state index contributed by atoms with van der Waals surface area (Å²) in [7, 11) is 0. The Kier molecular flexibility index (Phi) is 4.71. The zero-order chi connectivity index (χ0) is 19.0. The second-order valence-corrected chi connectivity index (χ2v) is 7.55. The Bertz CT molecular complexity index is 1150. The number of furan rings is 1. The summed E-state index contributed by atoms with van der Waals surface area (Å²) < 4.78 is 8.58. The molecule has 9 heteroatoms. The van der Waals surface area contributed by atoms with Crippen molar-refractivity contribution in [2.45, 2.75) is 6.54 Å². The van der Waals surface area contributed by atoms with Gasteiger partial charge in [-0.05, 0) is 39.7 Å². The average Bonchev–Trinajstić information content (AvgIpc) is 3.27. The molecule has 0 bridgehead atoms. The van der Waals surface area contributed by atoms with Gasteiger partial charge in [-0.15, -0.1) is 5.10 Å². The molecule has 0 aliphatic rings. The number of nitrogens with zero attached hydrogens (tertiary/aromatic N) is 3. The van der Waals surface area contributed by atoms with Crippen LogP contribution in [0.1, 0.15) is 15.9 Å². The minimum absolute atomic E-state index is 0.245. The summed E-state index contributed by atoms with van der Waals surface area (Å²) in [4.78, 5) is 16.9. The SMILES string of the molecule is Nc1cc(C(=O)NCc2ccccc2Br)cc2nc(-c3cc(Br)co3)nn12. The highest BCUT2D eigenvalue weighted by Crippen LogP contribution is 2.24. The first-order valence-electron chi connectivity index (χ1n) is 7.93. The third kappa shape index (κ3) is 3.60. The predicted molar refractivity (Wildman–Crippen MR) is 108 cm³/mol. The topological polar surface area (TPSA) is 98.5 Å². The van der Waals surface area contributed by atoms with Crippen molar-refractivity contribution >= 4 is 49.2 Å². The first-order valence-corrected chi connectivity index (χ1v) is 9.52. The lowest BCUT2D eigenvalue weighted by atomic mass is 10.2. The van der Waals surface area contributed by atoms with Crippen LogP contribution in [0.3, 0.4) is 0 Å². The molecule has 3 N–H and O–H groups in total. The van der Waals surface area contributed by atoms with Gasteiger partial charge in [0.2, 0.25) is 5.82 Å². The fraction of sp³-hybridized carbons (Fsp3) is 0.0556. The van der Waals surface area contributed by atoms with E-state index in [0.29, 0.717) is 35.2 Å². The molecule has 0 fully saturated rings. The Hall–Kier alpha value is -2.65. The molecule has 3 aromatic heterocycles. The highest BCUT2D eigenvalue weighted by Gasteiger charge is 2.15. The standard InChI is InChI=1S/C18H13Br2N5O2/c19-12-7-14(27-9-12)17-23-16-6-11(5-15(21)25(16)24-17)18(26)22-8-10-3-1-2-4-13(10)20/h1-7,9H,8,21H2,(H,22,26). The number of aromatic nitrogens is 3. The average molecular weight is 491 g/mol. The monoisotopic (exact) mass is 489 g/mol. The predicted octanol–water partition coefficient (Wildman–Crippen LogP) is 4.03. The van der Waals surface area contributed by atoms with E-state index in [1.165, 1.54) is 4.52 Å². The third-order valence-electron chi connectivity index (χ3n) is 3.91. The lowest BCUT2D eigenvalue weighted by Crippen LogP contribution is -2.23. The van der Waals surface area contributed by atoms with E-state index in [0.717, 1.165) is 14.5 Å². The van der Waals surface area contributed by atoms with Crippen molar-refractivity contribution in [1.29, 1.82) is 0 Å². The van der Waals surface area contributed by atoms with Gasteiger partial charge in [0.25, 0.3) is 5.91 Å². The molecule has 4 aromatic rings. The lowest BCUT2D eigenvalue weighted by Gasteiger charge is -2.08. The number of fused-ring (bicyclic) bond motifs is 1. The van der Waals surface area contributed by atoms with Crippen molar-refractivity contribution in [3.63, 3.8) is 0 Å². The summed E-state index contributed by atoms with van der Waals surface area (Å²) in [6.07, 6.45) is 1.55.